The molecule has 2 aromatic rings. The minimum Gasteiger partial charge on any atom is -0.451 e. The first kappa shape index (κ1) is 20.1. The van der Waals surface area contributed by atoms with Crippen molar-refractivity contribution in [3.63, 3.8) is 0 Å². The van der Waals surface area contributed by atoms with Gasteiger partial charge in [-0.3, -0.25) is 9.59 Å². The van der Waals surface area contributed by atoms with Crippen LogP contribution in [0.1, 0.15) is 29.4 Å². The first-order chi connectivity index (χ1) is 13.0. The molecule has 1 N–H and O–H groups in total. The van der Waals surface area contributed by atoms with Gasteiger partial charge in [-0.15, -0.1) is 0 Å². The predicted molar refractivity (Wildman–Crippen MR) is 101 cm³/mol. The van der Waals surface area contributed by atoms with E-state index in [0.717, 1.165) is 5.56 Å². The number of hydrogen-bond acceptors (Lipinski definition) is 5. The lowest BCUT2D eigenvalue weighted by atomic mass is 10.2. The molecule has 0 fully saturated rings. The predicted octanol–water partition coefficient (Wildman–Crippen LogP) is 2.42. The molecule has 0 radical (unpaired) electrons. The third-order valence-electron chi connectivity index (χ3n) is 3.80. The lowest BCUT2D eigenvalue weighted by Gasteiger charge is -2.21. The Morgan fingerprint density at radius 1 is 1.11 bits per heavy atom. The molecule has 2 rings (SSSR count). The van der Waals surface area contributed by atoms with Crippen LogP contribution in [0.4, 0.5) is 5.69 Å². The number of anilines is 1. The number of amides is 2. The fourth-order valence-electron chi connectivity index (χ4n) is 2.41. The number of benzene rings is 1. The SMILES string of the molecule is CCCN(CC(=O)Nc1ccccc1C)C(=O)COC(=O)c1ccccn1. The lowest BCUT2D eigenvalue weighted by molar-refractivity contribution is -0.137. The summed E-state index contributed by atoms with van der Waals surface area (Å²) in [5.74, 6) is -1.41. The number of nitrogens with zero attached hydrogens (tertiary/aromatic N) is 2. The smallest absolute Gasteiger partial charge is 0.357 e. The molecule has 7 heteroatoms. The van der Waals surface area contributed by atoms with Gasteiger partial charge in [0, 0.05) is 18.4 Å². The van der Waals surface area contributed by atoms with Crippen molar-refractivity contribution in [3.05, 3.63) is 59.9 Å². The number of carbonyl (C=O) groups is 3. The number of para-hydroxylation sites is 1. The van der Waals surface area contributed by atoms with Gasteiger partial charge in [0.1, 0.15) is 5.69 Å². The topological polar surface area (TPSA) is 88.6 Å². The molecule has 7 nitrogen and oxygen atoms in total. The fraction of sp³-hybridized carbons (Fsp3) is 0.300. The van der Waals surface area contributed by atoms with Crippen LogP contribution in [-0.2, 0) is 14.3 Å². The highest BCUT2D eigenvalue weighted by Gasteiger charge is 2.19. The number of aryl methyl sites for hydroxylation is 1. The van der Waals surface area contributed by atoms with Crippen molar-refractivity contribution in [2.75, 3.05) is 25.0 Å². The van der Waals surface area contributed by atoms with Crippen molar-refractivity contribution in [1.82, 2.24) is 9.88 Å². The normalized spacial score (nSPS) is 10.1. The van der Waals surface area contributed by atoms with Gasteiger partial charge < -0.3 is 15.0 Å². The Labute approximate surface area is 158 Å². The van der Waals surface area contributed by atoms with E-state index in [4.69, 9.17) is 4.74 Å². The molecule has 0 spiro atoms. The molecule has 0 aliphatic heterocycles. The zero-order chi connectivity index (χ0) is 19.6. The quantitative estimate of drug-likeness (QED) is 0.722. The maximum absolute atomic E-state index is 12.4. The van der Waals surface area contributed by atoms with E-state index in [1.54, 1.807) is 18.2 Å². The van der Waals surface area contributed by atoms with Crippen LogP contribution < -0.4 is 5.32 Å². The average Bonchev–Trinajstić information content (AvgIpc) is 2.68. The molecule has 0 atom stereocenters. The Balaban J connectivity index is 1.91. The Hall–Kier alpha value is -3.22. The number of pyridine rings is 1. The molecule has 0 aliphatic rings. The van der Waals surface area contributed by atoms with Crippen LogP contribution in [0.2, 0.25) is 0 Å². The minimum absolute atomic E-state index is 0.109. The van der Waals surface area contributed by atoms with Gasteiger partial charge in [-0.25, -0.2) is 9.78 Å². The molecule has 142 valence electrons. The molecular weight excluding hydrogens is 346 g/mol. The number of esters is 1. The highest BCUT2D eigenvalue weighted by atomic mass is 16.5. The summed E-state index contributed by atoms with van der Waals surface area (Å²) in [6, 6.07) is 12.2. The van der Waals surface area contributed by atoms with Crippen molar-refractivity contribution >= 4 is 23.5 Å². The van der Waals surface area contributed by atoms with Gasteiger partial charge >= 0.3 is 5.97 Å². The molecule has 1 aromatic carbocycles. The van der Waals surface area contributed by atoms with Gasteiger partial charge in [-0.1, -0.05) is 31.2 Å². The zero-order valence-electron chi connectivity index (χ0n) is 15.5. The van der Waals surface area contributed by atoms with E-state index >= 15 is 0 Å². The third-order valence-corrected chi connectivity index (χ3v) is 3.80. The summed E-state index contributed by atoms with van der Waals surface area (Å²) >= 11 is 0. The molecule has 2 amide bonds. The molecule has 0 aliphatic carbocycles. The third kappa shape index (κ3) is 6.22. The Morgan fingerprint density at radius 2 is 1.85 bits per heavy atom. The highest BCUT2D eigenvalue weighted by Crippen LogP contribution is 2.13. The fourth-order valence-corrected chi connectivity index (χ4v) is 2.41. The molecular formula is C20H23N3O4. The Morgan fingerprint density at radius 3 is 2.52 bits per heavy atom. The summed E-state index contributed by atoms with van der Waals surface area (Å²) in [6.07, 6.45) is 2.15. The summed E-state index contributed by atoms with van der Waals surface area (Å²) in [4.78, 5) is 41.8. The van der Waals surface area contributed by atoms with Crippen LogP contribution in [0.3, 0.4) is 0 Å². The van der Waals surface area contributed by atoms with Crippen molar-refractivity contribution < 1.29 is 19.1 Å². The minimum atomic E-state index is -0.676. The molecule has 0 saturated heterocycles. The first-order valence-electron chi connectivity index (χ1n) is 8.72. The van der Waals surface area contributed by atoms with Crippen molar-refractivity contribution in [1.29, 1.82) is 0 Å². The average molecular weight is 369 g/mol. The summed E-state index contributed by atoms with van der Waals surface area (Å²) in [5, 5.41) is 2.79. The van der Waals surface area contributed by atoms with Gasteiger partial charge in [-0.2, -0.15) is 0 Å². The number of aromatic nitrogens is 1. The van der Waals surface area contributed by atoms with Gasteiger partial charge in [0.2, 0.25) is 5.91 Å². The van der Waals surface area contributed by atoms with Gasteiger partial charge in [0.05, 0.1) is 6.54 Å². The van der Waals surface area contributed by atoms with Crippen LogP contribution in [0.5, 0.6) is 0 Å². The van der Waals surface area contributed by atoms with Crippen LogP contribution >= 0.6 is 0 Å². The van der Waals surface area contributed by atoms with Crippen molar-refractivity contribution in [3.8, 4) is 0 Å². The van der Waals surface area contributed by atoms with E-state index in [1.165, 1.54) is 17.2 Å². The van der Waals surface area contributed by atoms with E-state index in [9.17, 15) is 14.4 Å². The van der Waals surface area contributed by atoms with Crippen LogP contribution in [0, 0.1) is 6.92 Å². The number of carbonyl (C=O) groups excluding carboxylic acids is 3. The Kier molecular flexibility index (Phi) is 7.49. The van der Waals surface area contributed by atoms with Crippen LogP contribution in [0.25, 0.3) is 0 Å². The summed E-state index contributed by atoms with van der Waals surface area (Å²) in [7, 11) is 0. The van der Waals surface area contributed by atoms with Crippen LogP contribution in [-0.4, -0.2) is 47.4 Å². The summed E-state index contributed by atoms with van der Waals surface area (Å²) in [6.45, 7) is 3.64. The first-order valence-corrected chi connectivity index (χ1v) is 8.72. The molecule has 0 saturated carbocycles. The second-order valence-electron chi connectivity index (χ2n) is 5.97. The van der Waals surface area contributed by atoms with Gasteiger partial charge in [-0.05, 0) is 37.1 Å². The standard InChI is InChI=1S/C20H23N3O4/c1-3-12-23(13-18(24)22-16-9-5-4-8-15(16)2)19(25)14-27-20(26)17-10-6-7-11-21-17/h4-11H,3,12-14H2,1-2H3,(H,22,24). The van der Waals surface area contributed by atoms with Gasteiger partial charge in [0.25, 0.3) is 5.91 Å². The summed E-state index contributed by atoms with van der Waals surface area (Å²) < 4.78 is 5.01. The monoisotopic (exact) mass is 369 g/mol. The van der Waals surface area contributed by atoms with E-state index in [-0.39, 0.29) is 18.1 Å². The van der Waals surface area contributed by atoms with Crippen LogP contribution in [0.15, 0.2) is 48.7 Å². The number of hydrogen-bond donors (Lipinski definition) is 1. The molecule has 0 bridgehead atoms. The van der Waals surface area contributed by atoms with Crippen molar-refractivity contribution in [2.24, 2.45) is 0 Å². The second-order valence-corrected chi connectivity index (χ2v) is 5.97. The van der Waals surface area contributed by atoms with Gasteiger partial charge in [0.15, 0.2) is 6.61 Å². The highest BCUT2D eigenvalue weighted by molar-refractivity contribution is 5.95. The molecule has 0 unspecified atom stereocenters. The van der Waals surface area contributed by atoms with E-state index < -0.39 is 18.5 Å². The van der Waals surface area contributed by atoms with E-state index in [0.29, 0.717) is 18.7 Å². The summed E-state index contributed by atoms with van der Waals surface area (Å²) in [5.41, 5.74) is 1.76. The largest absolute Gasteiger partial charge is 0.451 e. The maximum Gasteiger partial charge on any atom is 0.357 e. The zero-order valence-corrected chi connectivity index (χ0v) is 15.5. The molecule has 1 aromatic heterocycles. The molecule has 27 heavy (non-hydrogen) atoms. The van der Waals surface area contributed by atoms with E-state index in [2.05, 4.69) is 10.3 Å². The van der Waals surface area contributed by atoms with Crippen molar-refractivity contribution in [2.45, 2.75) is 20.3 Å². The number of nitrogens with one attached hydrogen (secondary N) is 1. The second kappa shape index (κ2) is 10.1. The number of ether oxygens (including phenoxy) is 1. The Bertz CT molecular complexity index is 793. The number of rotatable bonds is 8. The maximum atomic E-state index is 12.4. The lowest BCUT2D eigenvalue weighted by Crippen LogP contribution is -2.40. The molecule has 1 heterocycles. The van der Waals surface area contributed by atoms with E-state index in [1.807, 2.05) is 32.0 Å².